The Morgan fingerprint density at radius 3 is 2.53 bits per heavy atom. The monoisotopic (exact) mass is 278 g/mol. The first-order valence-corrected chi connectivity index (χ1v) is 5.41. The Morgan fingerprint density at radius 2 is 2.00 bits per heavy atom. The van der Waals surface area contributed by atoms with Gasteiger partial charge in [0.05, 0.1) is 12.5 Å². The molecule has 2 unspecified atom stereocenters. The number of carbonyl (C=O) groups is 1. The predicted octanol–water partition coefficient (Wildman–Crippen LogP) is 2.27. The highest BCUT2D eigenvalue weighted by Crippen LogP contribution is 2.29. The molecule has 1 rings (SSSR count). The lowest BCUT2D eigenvalue weighted by atomic mass is 10.0. The maximum absolute atomic E-state index is 13.0. The van der Waals surface area contributed by atoms with Crippen LogP contribution in [0.1, 0.15) is 24.2 Å². The van der Waals surface area contributed by atoms with Gasteiger partial charge in [0.1, 0.15) is 0 Å². The predicted molar refractivity (Wildman–Crippen MR) is 59.3 cm³/mol. The van der Waals surface area contributed by atoms with Crippen LogP contribution in [0.25, 0.3) is 0 Å². The first-order valence-electron chi connectivity index (χ1n) is 5.41. The van der Waals surface area contributed by atoms with Crippen molar-refractivity contribution in [3.63, 3.8) is 0 Å². The molecule has 2 N–H and O–H groups in total. The Bertz CT molecular complexity index is 448. The fourth-order valence-electron chi connectivity index (χ4n) is 1.62. The number of aliphatic hydroxyl groups is 1. The lowest BCUT2D eigenvalue weighted by molar-refractivity contribution is -0.359. The van der Waals surface area contributed by atoms with E-state index < -0.39 is 24.5 Å². The fourth-order valence-corrected chi connectivity index (χ4v) is 1.62. The highest BCUT2D eigenvalue weighted by Gasteiger charge is 2.41. The summed E-state index contributed by atoms with van der Waals surface area (Å²) in [5, 5.41) is 17.5. The summed E-state index contributed by atoms with van der Waals surface area (Å²) >= 11 is 0. The third kappa shape index (κ3) is 4.22. The molecule has 1 aromatic rings. The second-order valence-corrected chi connectivity index (χ2v) is 3.94. The van der Waals surface area contributed by atoms with Crippen molar-refractivity contribution in [2.45, 2.75) is 31.9 Å². The molecule has 0 spiro atoms. The van der Waals surface area contributed by atoms with E-state index >= 15 is 0 Å². The van der Waals surface area contributed by atoms with Gasteiger partial charge in [0.15, 0.2) is 0 Å². The summed E-state index contributed by atoms with van der Waals surface area (Å²) in [5.41, 5.74) is 0.522. The van der Waals surface area contributed by atoms with Gasteiger partial charge in [-0.3, -0.25) is 4.79 Å². The topological polar surface area (TPSA) is 66.8 Å². The van der Waals surface area contributed by atoms with Gasteiger partial charge in [0, 0.05) is 0 Å². The van der Waals surface area contributed by atoms with E-state index in [2.05, 4.69) is 4.74 Å². The van der Waals surface area contributed by atoms with Crippen LogP contribution < -0.4 is 0 Å². The normalized spacial score (nSPS) is 16.1. The molecule has 0 aliphatic carbocycles. The molecule has 19 heavy (non-hydrogen) atoms. The average molecular weight is 278 g/mol. The lowest BCUT2D eigenvalue weighted by Gasteiger charge is -2.24. The van der Waals surface area contributed by atoms with Crippen molar-refractivity contribution in [1.29, 1.82) is 0 Å². The minimum absolute atomic E-state index is 0.224. The van der Waals surface area contributed by atoms with Crippen molar-refractivity contribution in [3.8, 4) is 0 Å². The molecule has 0 heterocycles. The number of aliphatic carboxylic acids is 1. The van der Waals surface area contributed by atoms with Gasteiger partial charge in [0.25, 0.3) is 0 Å². The van der Waals surface area contributed by atoms with Crippen molar-refractivity contribution < 1.29 is 32.9 Å². The Morgan fingerprint density at radius 1 is 1.42 bits per heavy atom. The number of alkyl halides is 3. The fraction of sp³-hybridized carbons (Fsp3) is 0.417. The molecule has 0 saturated heterocycles. The van der Waals surface area contributed by atoms with E-state index in [1.807, 2.05) is 0 Å². The van der Waals surface area contributed by atoms with Crippen molar-refractivity contribution in [1.82, 2.24) is 0 Å². The summed E-state index contributed by atoms with van der Waals surface area (Å²) in [6, 6.07) is 1.90. The molecule has 2 atom stereocenters. The SMILES string of the molecule is CC(OC(O)(F)C(F)F)c1ccccc1CC(=O)O. The third-order valence-corrected chi connectivity index (χ3v) is 2.45. The number of carboxylic acids is 1. The van der Waals surface area contributed by atoms with Gasteiger partial charge in [0.2, 0.25) is 0 Å². The number of hydrogen-bond donors (Lipinski definition) is 2. The molecule has 0 aromatic heterocycles. The van der Waals surface area contributed by atoms with Gasteiger partial charge in [-0.2, -0.15) is 4.39 Å². The number of carboxylic acid groups (broad SMARTS) is 1. The first-order chi connectivity index (χ1) is 8.74. The summed E-state index contributed by atoms with van der Waals surface area (Å²) in [4.78, 5) is 10.7. The second-order valence-electron chi connectivity index (χ2n) is 3.94. The lowest BCUT2D eigenvalue weighted by Crippen LogP contribution is -2.36. The van der Waals surface area contributed by atoms with E-state index in [4.69, 9.17) is 10.2 Å². The molecule has 7 heteroatoms. The molecule has 0 aliphatic heterocycles. The minimum Gasteiger partial charge on any atom is -0.481 e. The van der Waals surface area contributed by atoms with E-state index in [0.717, 1.165) is 0 Å². The zero-order valence-corrected chi connectivity index (χ0v) is 10.0. The van der Waals surface area contributed by atoms with Gasteiger partial charge < -0.3 is 14.9 Å². The summed E-state index contributed by atoms with van der Waals surface area (Å²) in [7, 11) is 0. The van der Waals surface area contributed by atoms with E-state index in [1.165, 1.54) is 25.1 Å². The zero-order valence-electron chi connectivity index (χ0n) is 10.0. The van der Waals surface area contributed by atoms with Gasteiger partial charge in [-0.05, 0) is 18.1 Å². The van der Waals surface area contributed by atoms with E-state index in [9.17, 15) is 18.0 Å². The van der Waals surface area contributed by atoms with E-state index in [-0.39, 0.29) is 12.0 Å². The van der Waals surface area contributed by atoms with Crippen LogP contribution >= 0.6 is 0 Å². The van der Waals surface area contributed by atoms with Gasteiger partial charge in [-0.1, -0.05) is 24.3 Å². The van der Waals surface area contributed by atoms with Crippen molar-refractivity contribution in [2.24, 2.45) is 0 Å². The maximum Gasteiger partial charge on any atom is 0.381 e. The summed E-state index contributed by atoms with van der Waals surface area (Å²) in [6.45, 7) is 1.24. The number of hydrogen-bond acceptors (Lipinski definition) is 3. The van der Waals surface area contributed by atoms with Crippen LogP contribution in [-0.2, 0) is 16.0 Å². The maximum atomic E-state index is 13.0. The molecular weight excluding hydrogens is 265 g/mol. The smallest absolute Gasteiger partial charge is 0.381 e. The van der Waals surface area contributed by atoms with Crippen LogP contribution in [0.5, 0.6) is 0 Å². The Kier molecular flexibility index (Phi) is 4.90. The zero-order chi connectivity index (χ0) is 14.6. The highest BCUT2D eigenvalue weighted by molar-refractivity contribution is 5.70. The summed E-state index contributed by atoms with van der Waals surface area (Å²) < 4.78 is 41.6. The molecule has 1 aromatic carbocycles. The minimum atomic E-state index is -4.07. The van der Waals surface area contributed by atoms with Crippen molar-refractivity contribution >= 4 is 5.97 Å². The number of benzene rings is 1. The summed E-state index contributed by atoms with van der Waals surface area (Å²) in [6.07, 6.45) is -5.30. The second kappa shape index (κ2) is 6.03. The van der Waals surface area contributed by atoms with Gasteiger partial charge in [-0.15, -0.1) is 0 Å². The Labute approximate surface area is 107 Å². The molecule has 106 valence electrons. The average Bonchev–Trinajstić information content (AvgIpc) is 2.27. The summed E-state index contributed by atoms with van der Waals surface area (Å²) in [5.74, 6) is -1.12. The molecule has 0 fully saturated rings. The van der Waals surface area contributed by atoms with Gasteiger partial charge >= 0.3 is 18.4 Å². The van der Waals surface area contributed by atoms with E-state index in [1.54, 1.807) is 6.07 Å². The number of ether oxygens (including phenoxy) is 1. The van der Waals surface area contributed by atoms with E-state index in [0.29, 0.717) is 5.56 Å². The largest absolute Gasteiger partial charge is 0.481 e. The third-order valence-electron chi connectivity index (χ3n) is 2.45. The molecule has 0 amide bonds. The van der Waals surface area contributed by atoms with Gasteiger partial charge in [-0.25, -0.2) is 8.78 Å². The van der Waals surface area contributed by atoms with Crippen LogP contribution in [0.4, 0.5) is 13.2 Å². The molecule has 4 nitrogen and oxygen atoms in total. The molecular formula is C12H13F3O4. The Hall–Kier alpha value is -1.60. The quantitative estimate of drug-likeness (QED) is 0.783. The number of rotatable bonds is 6. The van der Waals surface area contributed by atoms with Crippen LogP contribution in [0.2, 0.25) is 0 Å². The molecule has 0 radical (unpaired) electrons. The van der Waals surface area contributed by atoms with Crippen LogP contribution in [-0.4, -0.2) is 28.6 Å². The van der Waals surface area contributed by atoms with Crippen LogP contribution in [0.3, 0.4) is 0 Å². The highest BCUT2D eigenvalue weighted by atomic mass is 19.3. The van der Waals surface area contributed by atoms with Crippen molar-refractivity contribution in [2.75, 3.05) is 0 Å². The first kappa shape index (κ1) is 15.5. The van der Waals surface area contributed by atoms with Crippen LogP contribution in [0.15, 0.2) is 24.3 Å². The standard InChI is InChI=1S/C12H13F3O4/c1-7(19-12(15,18)11(13)14)9-5-3-2-4-8(9)6-10(16)17/h2-5,7,11,18H,6H2,1H3,(H,16,17). The molecule has 0 saturated carbocycles. The Balaban J connectivity index is 2.93. The molecule has 0 aliphatic rings. The van der Waals surface area contributed by atoms with Crippen LogP contribution in [0, 0.1) is 0 Å². The molecule has 0 bridgehead atoms. The van der Waals surface area contributed by atoms with Crippen molar-refractivity contribution in [3.05, 3.63) is 35.4 Å². The number of halogens is 3.